The van der Waals surface area contributed by atoms with E-state index in [2.05, 4.69) is 6.92 Å². The summed E-state index contributed by atoms with van der Waals surface area (Å²) in [7, 11) is 0. The second-order valence-corrected chi connectivity index (χ2v) is 7.85. The summed E-state index contributed by atoms with van der Waals surface area (Å²) < 4.78 is 0. The lowest BCUT2D eigenvalue weighted by molar-refractivity contribution is -0.137. The molecule has 156 valence electrons. The highest BCUT2D eigenvalue weighted by molar-refractivity contribution is 5.66. The maximum absolute atomic E-state index is 10.4. The highest BCUT2D eigenvalue weighted by Gasteiger charge is 2.05. The molecule has 0 saturated heterocycles. The van der Waals surface area contributed by atoms with Crippen LogP contribution in [-0.2, 0) is 4.79 Å². The Labute approximate surface area is 161 Å². The molecule has 0 aromatic heterocycles. The molecule has 26 heavy (non-hydrogen) atoms. The van der Waals surface area contributed by atoms with Crippen molar-refractivity contribution >= 4 is 5.97 Å². The van der Waals surface area contributed by atoms with Gasteiger partial charge in [-0.3, -0.25) is 4.79 Å². The minimum Gasteiger partial charge on any atom is -0.481 e. The molecule has 0 rings (SSSR count). The van der Waals surface area contributed by atoms with Gasteiger partial charge in [0.05, 0.1) is 12.2 Å². The van der Waals surface area contributed by atoms with Gasteiger partial charge in [0.1, 0.15) is 0 Å². The number of aliphatic carboxylic acids is 1. The van der Waals surface area contributed by atoms with Crippen LogP contribution in [0.5, 0.6) is 0 Å². The zero-order valence-corrected chi connectivity index (χ0v) is 17.1. The highest BCUT2D eigenvalue weighted by Crippen LogP contribution is 2.15. The van der Waals surface area contributed by atoms with Crippen molar-refractivity contribution in [3.05, 3.63) is 0 Å². The second-order valence-electron chi connectivity index (χ2n) is 7.85. The van der Waals surface area contributed by atoms with Gasteiger partial charge in [0.15, 0.2) is 0 Å². The van der Waals surface area contributed by atoms with Crippen LogP contribution in [0.4, 0.5) is 0 Å². The Morgan fingerprint density at radius 1 is 0.615 bits per heavy atom. The van der Waals surface area contributed by atoms with Gasteiger partial charge in [-0.05, 0) is 32.1 Å². The molecule has 0 aromatic rings. The Kier molecular flexibility index (Phi) is 18.7. The summed E-state index contributed by atoms with van der Waals surface area (Å²) in [5.41, 5.74) is 0. The Hall–Kier alpha value is -0.610. The lowest BCUT2D eigenvalue weighted by atomic mass is 10.0. The average molecular weight is 373 g/mol. The highest BCUT2D eigenvalue weighted by atomic mass is 16.4. The van der Waals surface area contributed by atoms with Gasteiger partial charge in [0.25, 0.3) is 0 Å². The van der Waals surface area contributed by atoms with Crippen LogP contribution in [0.15, 0.2) is 0 Å². The molecule has 0 bridgehead atoms. The molecule has 4 heteroatoms. The third kappa shape index (κ3) is 19.7. The van der Waals surface area contributed by atoms with Crippen LogP contribution in [0.3, 0.4) is 0 Å². The van der Waals surface area contributed by atoms with Gasteiger partial charge >= 0.3 is 5.97 Å². The van der Waals surface area contributed by atoms with Crippen molar-refractivity contribution in [2.45, 2.75) is 135 Å². The molecule has 0 saturated carbocycles. The maximum atomic E-state index is 10.4. The molecule has 0 aliphatic rings. The molecule has 2 atom stereocenters. The summed E-state index contributed by atoms with van der Waals surface area (Å²) in [5.74, 6) is -0.698. The van der Waals surface area contributed by atoms with Crippen molar-refractivity contribution < 1.29 is 20.1 Å². The maximum Gasteiger partial charge on any atom is 0.303 e. The van der Waals surface area contributed by atoms with Crippen LogP contribution in [0, 0.1) is 0 Å². The van der Waals surface area contributed by atoms with Gasteiger partial charge in [-0.2, -0.15) is 0 Å². The molecule has 4 nitrogen and oxygen atoms in total. The number of rotatable bonds is 20. The molecule has 1 unspecified atom stereocenters. The first-order valence-electron chi connectivity index (χ1n) is 11.1. The molecule has 0 aliphatic carbocycles. The van der Waals surface area contributed by atoms with Gasteiger partial charge in [-0.1, -0.05) is 84.0 Å². The molecular formula is C22H44O4. The number of aliphatic hydroxyl groups excluding tert-OH is 2. The minimum absolute atomic E-state index is 0.115. The first kappa shape index (κ1) is 25.4. The Bertz CT molecular complexity index is 307. The van der Waals surface area contributed by atoms with Crippen molar-refractivity contribution in [2.75, 3.05) is 0 Å². The third-order valence-corrected chi connectivity index (χ3v) is 5.14. The van der Waals surface area contributed by atoms with Crippen LogP contribution < -0.4 is 0 Å². The molecule has 0 aromatic carbocycles. The van der Waals surface area contributed by atoms with Crippen LogP contribution in [0.2, 0.25) is 0 Å². The standard InChI is InChI=1S/C22H44O4/c1-2-3-10-15-20(23)17-12-8-9-13-18-21(24)16-11-6-4-5-7-14-19-22(25)26/h20-21,23-24H,2-19H2,1H3,(H,25,26)/t20-,21?/m0/s1. The zero-order valence-electron chi connectivity index (χ0n) is 17.1. The average Bonchev–Trinajstić information content (AvgIpc) is 2.60. The number of aliphatic hydroxyl groups is 2. The van der Waals surface area contributed by atoms with E-state index in [0.717, 1.165) is 96.3 Å². The van der Waals surface area contributed by atoms with Gasteiger partial charge in [-0.25, -0.2) is 0 Å². The predicted molar refractivity (Wildman–Crippen MR) is 108 cm³/mol. The van der Waals surface area contributed by atoms with Gasteiger partial charge in [-0.15, -0.1) is 0 Å². The van der Waals surface area contributed by atoms with Gasteiger partial charge in [0, 0.05) is 6.42 Å². The van der Waals surface area contributed by atoms with Crippen LogP contribution in [0.1, 0.15) is 122 Å². The van der Waals surface area contributed by atoms with Crippen LogP contribution in [-0.4, -0.2) is 33.5 Å². The van der Waals surface area contributed by atoms with E-state index in [9.17, 15) is 15.0 Å². The van der Waals surface area contributed by atoms with Gasteiger partial charge < -0.3 is 15.3 Å². The molecule has 3 N–H and O–H groups in total. The largest absolute Gasteiger partial charge is 0.481 e. The summed E-state index contributed by atoms with van der Waals surface area (Å²) in [6, 6.07) is 0. The number of carboxylic acids is 1. The zero-order chi connectivity index (χ0) is 19.5. The smallest absolute Gasteiger partial charge is 0.303 e. The summed E-state index contributed by atoms with van der Waals surface area (Å²) >= 11 is 0. The van der Waals surface area contributed by atoms with E-state index in [-0.39, 0.29) is 18.6 Å². The molecule has 0 spiro atoms. The van der Waals surface area contributed by atoms with E-state index in [4.69, 9.17) is 5.11 Å². The number of hydrogen-bond donors (Lipinski definition) is 3. The van der Waals surface area contributed by atoms with E-state index in [1.54, 1.807) is 0 Å². The lowest BCUT2D eigenvalue weighted by Crippen LogP contribution is -2.07. The van der Waals surface area contributed by atoms with E-state index in [0.29, 0.717) is 0 Å². The van der Waals surface area contributed by atoms with Crippen molar-refractivity contribution in [3.8, 4) is 0 Å². The predicted octanol–water partition coefficient (Wildman–Crippen LogP) is 5.83. The number of hydrogen-bond acceptors (Lipinski definition) is 3. The Morgan fingerprint density at radius 3 is 1.35 bits per heavy atom. The first-order valence-corrected chi connectivity index (χ1v) is 11.1. The van der Waals surface area contributed by atoms with E-state index in [1.807, 2.05) is 0 Å². The summed E-state index contributed by atoms with van der Waals surface area (Å²) in [5, 5.41) is 28.4. The van der Waals surface area contributed by atoms with Crippen molar-refractivity contribution in [1.82, 2.24) is 0 Å². The van der Waals surface area contributed by atoms with E-state index < -0.39 is 5.97 Å². The summed E-state index contributed by atoms with van der Waals surface area (Å²) in [4.78, 5) is 10.4. The number of carbonyl (C=O) groups is 1. The number of unbranched alkanes of at least 4 members (excludes halogenated alkanes) is 10. The fraction of sp³-hybridized carbons (Fsp3) is 0.955. The molecule has 0 aliphatic heterocycles. The van der Waals surface area contributed by atoms with Crippen molar-refractivity contribution in [3.63, 3.8) is 0 Å². The molecular weight excluding hydrogens is 328 g/mol. The fourth-order valence-electron chi connectivity index (χ4n) is 3.40. The van der Waals surface area contributed by atoms with Crippen molar-refractivity contribution in [1.29, 1.82) is 0 Å². The molecule has 0 fully saturated rings. The lowest BCUT2D eigenvalue weighted by Gasteiger charge is -2.11. The van der Waals surface area contributed by atoms with E-state index in [1.165, 1.54) is 12.8 Å². The first-order chi connectivity index (χ1) is 12.6. The third-order valence-electron chi connectivity index (χ3n) is 5.14. The normalized spacial score (nSPS) is 13.7. The van der Waals surface area contributed by atoms with E-state index >= 15 is 0 Å². The molecule has 0 amide bonds. The Balaban J connectivity index is 3.26. The summed E-state index contributed by atoms with van der Waals surface area (Å²) in [6.07, 6.45) is 18.0. The SMILES string of the molecule is CCCCC[C@H](O)CCCCCCC(O)CCCCCCCCC(=O)O. The number of carboxylic acid groups (broad SMARTS) is 1. The molecule has 0 heterocycles. The molecule has 0 radical (unpaired) electrons. The monoisotopic (exact) mass is 372 g/mol. The van der Waals surface area contributed by atoms with Gasteiger partial charge in [0.2, 0.25) is 0 Å². The second kappa shape index (κ2) is 19.2. The van der Waals surface area contributed by atoms with Crippen LogP contribution in [0.25, 0.3) is 0 Å². The Morgan fingerprint density at radius 2 is 0.962 bits per heavy atom. The summed E-state index contributed by atoms with van der Waals surface area (Å²) in [6.45, 7) is 2.19. The van der Waals surface area contributed by atoms with Crippen LogP contribution >= 0.6 is 0 Å². The quantitative estimate of drug-likeness (QED) is 0.235. The van der Waals surface area contributed by atoms with Crippen molar-refractivity contribution in [2.24, 2.45) is 0 Å². The minimum atomic E-state index is -0.698. The fourth-order valence-corrected chi connectivity index (χ4v) is 3.40. The topological polar surface area (TPSA) is 77.8 Å².